The Morgan fingerprint density at radius 3 is 3.10 bits per heavy atom. The lowest BCUT2D eigenvalue weighted by molar-refractivity contribution is -0.0905. The standard InChI is InChI=1S/C7H9NO2/c8-3-5-4-10-7-6(5)1-2-9-7/h5-7H,1-2,4H2/t5-,6+,7-/m1/s1. The molecule has 2 fully saturated rings. The summed E-state index contributed by atoms with van der Waals surface area (Å²) in [4.78, 5) is 0. The number of ether oxygens (including phenoxy) is 2. The van der Waals surface area contributed by atoms with Crippen molar-refractivity contribution in [1.29, 1.82) is 5.26 Å². The Hall–Kier alpha value is -0.590. The van der Waals surface area contributed by atoms with Crippen LogP contribution in [0.2, 0.25) is 0 Å². The third-order valence-electron chi connectivity index (χ3n) is 2.21. The first-order valence-electron chi connectivity index (χ1n) is 3.54. The molecule has 0 saturated carbocycles. The van der Waals surface area contributed by atoms with E-state index >= 15 is 0 Å². The van der Waals surface area contributed by atoms with Gasteiger partial charge in [0.05, 0.1) is 25.2 Å². The quantitative estimate of drug-likeness (QED) is 0.491. The van der Waals surface area contributed by atoms with Gasteiger partial charge in [-0.05, 0) is 6.42 Å². The van der Waals surface area contributed by atoms with Gasteiger partial charge in [0.15, 0.2) is 6.29 Å². The molecule has 0 radical (unpaired) electrons. The molecule has 2 aliphatic rings. The summed E-state index contributed by atoms with van der Waals surface area (Å²) in [5, 5.41) is 8.63. The van der Waals surface area contributed by atoms with E-state index in [1.165, 1.54) is 0 Å². The molecule has 3 atom stereocenters. The van der Waals surface area contributed by atoms with Crippen molar-refractivity contribution in [2.24, 2.45) is 11.8 Å². The fourth-order valence-electron chi connectivity index (χ4n) is 1.60. The van der Waals surface area contributed by atoms with Crippen molar-refractivity contribution in [3.05, 3.63) is 0 Å². The van der Waals surface area contributed by atoms with Gasteiger partial charge < -0.3 is 9.47 Å². The molecule has 2 aliphatic heterocycles. The lowest BCUT2D eigenvalue weighted by Gasteiger charge is -2.05. The number of nitrogens with zero attached hydrogens (tertiary/aromatic N) is 1. The van der Waals surface area contributed by atoms with Crippen molar-refractivity contribution in [2.75, 3.05) is 13.2 Å². The van der Waals surface area contributed by atoms with E-state index in [9.17, 15) is 0 Å². The summed E-state index contributed by atoms with van der Waals surface area (Å²) in [7, 11) is 0. The molecule has 2 rings (SSSR count). The summed E-state index contributed by atoms with van der Waals surface area (Å²) in [6.07, 6.45) is 0.924. The summed E-state index contributed by atoms with van der Waals surface area (Å²) >= 11 is 0. The van der Waals surface area contributed by atoms with Crippen LogP contribution in [0.15, 0.2) is 0 Å². The van der Waals surface area contributed by atoms with Crippen molar-refractivity contribution in [1.82, 2.24) is 0 Å². The highest BCUT2D eigenvalue weighted by atomic mass is 16.7. The highest BCUT2D eigenvalue weighted by Crippen LogP contribution is 2.34. The fraction of sp³-hybridized carbons (Fsp3) is 0.857. The first kappa shape index (κ1) is 6.14. The second-order valence-corrected chi connectivity index (χ2v) is 2.76. The minimum absolute atomic E-state index is 0.0651. The van der Waals surface area contributed by atoms with Crippen LogP contribution >= 0.6 is 0 Å². The molecule has 0 aliphatic carbocycles. The van der Waals surface area contributed by atoms with Crippen molar-refractivity contribution >= 4 is 0 Å². The molecule has 0 amide bonds. The highest BCUT2D eigenvalue weighted by molar-refractivity contribution is 4.95. The minimum Gasteiger partial charge on any atom is -0.352 e. The molecule has 0 spiro atoms. The van der Waals surface area contributed by atoms with Gasteiger partial charge in [-0.2, -0.15) is 5.26 Å². The molecule has 0 bridgehead atoms. The monoisotopic (exact) mass is 139 g/mol. The van der Waals surface area contributed by atoms with Crippen LogP contribution in [0.1, 0.15) is 6.42 Å². The van der Waals surface area contributed by atoms with Gasteiger partial charge in [0.25, 0.3) is 0 Å². The van der Waals surface area contributed by atoms with Crippen molar-refractivity contribution in [3.63, 3.8) is 0 Å². The predicted octanol–water partition coefficient (Wildman–Crippen LogP) is 0.519. The number of fused-ring (bicyclic) bond motifs is 1. The molecule has 0 N–H and O–H groups in total. The van der Waals surface area contributed by atoms with Gasteiger partial charge in [0.2, 0.25) is 0 Å². The third kappa shape index (κ3) is 0.731. The van der Waals surface area contributed by atoms with Gasteiger partial charge in [0.1, 0.15) is 0 Å². The normalized spacial score (nSPS) is 44.9. The molecular formula is C7H9NO2. The molecule has 0 aromatic heterocycles. The summed E-state index contributed by atoms with van der Waals surface area (Å²) < 4.78 is 10.5. The Kier molecular flexibility index (Phi) is 1.37. The molecule has 3 nitrogen and oxygen atoms in total. The van der Waals surface area contributed by atoms with Crippen LogP contribution in [0.4, 0.5) is 0 Å². The topological polar surface area (TPSA) is 42.2 Å². The van der Waals surface area contributed by atoms with Gasteiger partial charge in [-0.1, -0.05) is 0 Å². The second-order valence-electron chi connectivity index (χ2n) is 2.76. The maximum Gasteiger partial charge on any atom is 0.161 e. The van der Waals surface area contributed by atoms with Crippen LogP contribution < -0.4 is 0 Å². The molecule has 0 unspecified atom stereocenters. The number of hydrogen-bond donors (Lipinski definition) is 0. The van der Waals surface area contributed by atoms with Crippen molar-refractivity contribution in [3.8, 4) is 6.07 Å². The van der Waals surface area contributed by atoms with Gasteiger partial charge in [-0.3, -0.25) is 0 Å². The van der Waals surface area contributed by atoms with Crippen molar-refractivity contribution in [2.45, 2.75) is 12.7 Å². The highest BCUT2D eigenvalue weighted by Gasteiger charge is 2.41. The first-order chi connectivity index (χ1) is 4.92. The average Bonchev–Trinajstić information content (AvgIpc) is 2.44. The zero-order valence-corrected chi connectivity index (χ0v) is 5.62. The van der Waals surface area contributed by atoms with Crippen LogP contribution in [-0.2, 0) is 9.47 Å². The predicted molar refractivity (Wildman–Crippen MR) is 32.9 cm³/mol. The largest absolute Gasteiger partial charge is 0.352 e. The van der Waals surface area contributed by atoms with Crippen LogP contribution in [0.5, 0.6) is 0 Å². The Balaban J connectivity index is 2.10. The maximum absolute atomic E-state index is 8.63. The van der Waals surface area contributed by atoms with E-state index < -0.39 is 0 Å². The summed E-state index contributed by atoms with van der Waals surface area (Å²) in [5.41, 5.74) is 0. The molecule has 2 heterocycles. The van der Waals surface area contributed by atoms with E-state index in [0.29, 0.717) is 12.5 Å². The zero-order chi connectivity index (χ0) is 6.97. The van der Waals surface area contributed by atoms with Crippen molar-refractivity contribution < 1.29 is 9.47 Å². The Bertz CT molecular complexity index is 175. The van der Waals surface area contributed by atoms with Gasteiger partial charge in [-0.15, -0.1) is 0 Å². The van der Waals surface area contributed by atoms with E-state index in [2.05, 4.69) is 6.07 Å². The van der Waals surface area contributed by atoms with Gasteiger partial charge in [0, 0.05) is 5.92 Å². The van der Waals surface area contributed by atoms with Gasteiger partial charge in [-0.25, -0.2) is 0 Å². The zero-order valence-electron chi connectivity index (χ0n) is 5.62. The van der Waals surface area contributed by atoms with Crippen LogP contribution in [0.3, 0.4) is 0 Å². The van der Waals surface area contributed by atoms with Crippen LogP contribution in [0, 0.1) is 23.2 Å². The molecule has 0 aromatic rings. The maximum atomic E-state index is 8.63. The molecule has 54 valence electrons. The lowest BCUT2D eigenvalue weighted by Crippen LogP contribution is -2.13. The van der Waals surface area contributed by atoms with E-state index in [-0.39, 0.29) is 12.2 Å². The van der Waals surface area contributed by atoms with Crippen LogP contribution in [0.25, 0.3) is 0 Å². The number of nitriles is 1. The summed E-state index contributed by atoms with van der Waals surface area (Å²) in [5.74, 6) is 0.428. The van der Waals surface area contributed by atoms with Crippen LogP contribution in [-0.4, -0.2) is 19.5 Å². The molecule has 0 aromatic carbocycles. The Morgan fingerprint density at radius 2 is 2.30 bits per heavy atom. The Labute approximate surface area is 59.5 Å². The van der Waals surface area contributed by atoms with E-state index in [1.807, 2.05) is 0 Å². The van der Waals surface area contributed by atoms with E-state index in [1.54, 1.807) is 0 Å². The van der Waals surface area contributed by atoms with Gasteiger partial charge >= 0.3 is 0 Å². The summed E-state index contributed by atoms with van der Waals surface area (Å²) in [6, 6.07) is 2.23. The number of rotatable bonds is 0. The smallest absolute Gasteiger partial charge is 0.161 e. The fourth-order valence-corrected chi connectivity index (χ4v) is 1.60. The van der Waals surface area contributed by atoms with E-state index in [4.69, 9.17) is 14.7 Å². The summed E-state index contributed by atoms with van der Waals surface area (Å²) in [6.45, 7) is 1.32. The molecule has 3 heteroatoms. The Morgan fingerprint density at radius 1 is 1.40 bits per heavy atom. The lowest BCUT2D eigenvalue weighted by atomic mass is 9.95. The SMILES string of the molecule is N#C[C@@H]1CO[C@H]2OCC[C@H]21. The average molecular weight is 139 g/mol. The molecule has 10 heavy (non-hydrogen) atoms. The van der Waals surface area contributed by atoms with E-state index in [0.717, 1.165) is 13.0 Å². The molecular weight excluding hydrogens is 130 g/mol. The second kappa shape index (κ2) is 2.22. The number of hydrogen-bond acceptors (Lipinski definition) is 3. The first-order valence-corrected chi connectivity index (χ1v) is 3.54. The molecule has 2 saturated heterocycles. The minimum atomic E-state index is -0.0651. The third-order valence-corrected chi connectivity index (χ3v) is 2.21.